The van der Waals surface area contributed by atoms with Crippen LogP contribution in [0.3, 0.4) is 0 Å². The third-order valence-electron chi connectivity index (χ3n) is 6.24. The predicted octanol–water partition coefficient (Wildman–Crippen LogP) is 1.33. The Labute approximate surface area is 213 Å². The molecule has 37 heavy (non-hydrogen) atoms. The Bertz CT molecular complexity index is 1460. The van der Waals surface area contributed by atoms with Gasteiger partial charge in [-0.1, -0.05) is 0 Å². The van der Waals surface area contributed by atoms with Crippen molar-refractivity contribution in [2.75, 3.05) is 55.9 Å². The summed E-state index contributed by atoms with van der Waals surface area (Å²) >= 11 is 0. The number of hydrogen-bond donors (Lipinski definition) is 2. The second-order valence-electron chi connectivity index (χ2n) is 9.11. The molecule has 1 fully saturated rings. The van der Waals surface area contributed by atoms with Gasteiger partial charge in [-0.05, 0) is 50.2 Å². The molecule has 2 aromatic heterocycles. The van der Waals surface area contributed by atoms with Crippen molar-refractivity contribution in [3.63, 3.8) is 0 Å². The molecule has 198 valence electrons. The summed E-state index contributed by atoms with van der Waals surface area (Å²) in [4.78, 5) is 46.6. The maximum absolute atomic E-state index is 13.2. The first-order valence-electron chi connectivity index (χ1n) is 11.7. The molecule has 3 aromatic rings. The first-order valence-corrected chi connectivity index (χ1v) is 13.8. The van der Waals surface area contributed by atoms with Gasteiger partial charge in [-0.15, -0.1) is 0 Å². The van der Waals surface area contributed by atoms with Crippen LogP contribution >= 0.6 is 0 Å². The molecule has 1 aliphatic heterocycles. The number of hydrogen-bond acceptors (Lipinski definition) is 10. The van der Waals surface area contributed by atoms with Crippen LogP contribution in [0.2, 0.25) is 0 Å². The van der Waals surface area contributed by atoms with Crippen molar-refractivity contribution >= 4 is 44.3 Å². The molecule has 3 heterocycles. The number of piperazine rings is 1. The molecule has 0 aliphatic carbocycles. The van der Waals surface area contributed by atoms with Crippen molar-refractivity contribution < 1.29 is 26.8 Å². The average molecular weight is 532 g/mol. The molecule has 1 saturated heterocycles. The predicted molar refractivity (Wildman–Crippen MR) is 137 cm³/mol. The van der Waals surface area contributed by atoms with Crippen molar-refractivity contribution in [1.82, 2.24) is 14.8 Å². The molecule has 4 rings (SSSR count). The van der Waals surface area contributed by atoms with Gasteiger partial charge in [0.2, 0.25) is 5.91 Å². The summed E-state index contributed by atoms with van der Waals surface area (Å²) in [5, 5.41) is 5.71. The van der Waals surface area contributed by atoms with Gasteiger partial charge in [0.1, 0.15) is 15.9 Å². The number of benzene rings is 1. The van der Waals surface area contributed by atoms with Crippen LogP contribution in [0.5, 0.6) is 0 Å². The number of amides is 2. The molecular weight excluding hydrogens is 502 g/mol. The van der Waals surface area contributed by atoms with E-state index in [1.807, 2.05) is 7.05 Å². The first-order chi connectivity index (χ1) is 17.5. The SMILES string of the molecule is Cc1c(NC(=O)c2ccco2)ccc2nc(N[C@@H](CCS(C)(=O)=O)C(=O)N3CCN(C)CC3)oc(=O)c12. The standard InChI is InChI=1S/C24H29N5O7S/c1-15-16(25-21(30)19-5-4-13-35-19)6-7-17-20(15)23(32)36-24(26-17)27-18(8-14-37(3,33)34)22(31)29-11-9-28(2)10-12-29/h4-7,13,18H,8-12,14H2,1-3H3,(H,25,30)(H,26,27)/t18-/m0/s1. The molecule has 13 heteroatoms. The van der Waals surface area contributed by atoms with E-state index in [9.17, 15) is 22.8 Å². The molecule has 1 atom stereocenters. The lowest BCUT2D eigenvalue weighted by atomic mass is 10.1. The second-order valence-corrected chi connectivity index (χ2v) is 11.4. The number of nitrogens with one attached hydrogen (secondary N) is 2. The Kier molecular flexibility index (Phi) is 7.64. The summed E-state index contributed by atoms with van der Waals surface area (Å²) in [5.74, 6) is -0.859. The number of likely N-dealkylation sites (N-methyl/N-ethyl adjacent to an activating group) is 1. The van der Waals surface area contributed by atoms with Crippen LogP contribution in [0, 0.1) is 6.92 Å². The number of rotatable bonds is 8. The molecule has 0 spiro atoms. The molecule has 0 unspecified atom stereocenters. The minimum atomic E-state index is -3.34. The molecule has 1 aliphatic rings. The van der Waals surface area contributed by atoms with E-state index in [0.717, 1.165) is 6.26 Å². The van der Waals surface area contributed by atoms with Crippen LogP contribution in [-0.4, -0.2) is 86.3 Å². The van der Waals surface area contributed by atoms with Crippen molar-refractivity contribution in [3.8, 4) is 0 Å². The zero-order chi connectivity index (χ0) is 26.7. The van der Waals surface area contributed by atoms with E-state index < -0.39 is 27.4 Å². The van der Waals surface area contributed by atoms with E-state index >= 15 is 0 Å². The van der Waals surface area contributed by atoms with E-state index in [1.54, 1.807) is 30.0 Å². The zero-order valence-electron chi connectivity index (χ0n) is 20.8. The third-order valence-corrected chi connectivity index (χ3v) is 7.22. The number of nitrogens with zero attached hydrogens (tertiary/aromatic N) is 3. The highest BCUT2D eigenvalue weighted by Gasteiger charge is 2.29. The number of anilines is 2. The van der Waals surface area contributed by atoms with E-state index in [0.29, 0.717) is 42.9 Å². The molecule has 2 amide bonds. The Morgan fingerprint density at radius 1 is 1.16 bits per heavy atom. The van der Waals surface area contributed by atoms with E-state index in [4.69, 9.17) is 8.83 Å². The number of furan rings is 1. The summed E-state index contributed by atoms with van der Waals surface area (Å²) in [6.45, 7) is 4.07. The van der Waals surface area contributed by atoms with Crippen LogP contribution in [0.4, 0.5) is 11.7 Å². The molecule has 0 radical (unpaired) electrons. The van der Waals surface area contributed by atoms with E-state index in [2.05, 4.69) is 20.5 Å². The normalized spacial score (nSPS) is 15.5. The largest absolute Gasteiger partial charge is 0.459 e. The van der Waals surface area contributed by atoms with Gasteiger partial charge in [0.15, 0.2) is 5.76 Å². The van der Waals surface area contributed by atoms with Gasteiger partial charge >= 0.3 is 5.63 Å². The first kappa shape index (κ1) is 26.4. The highest BCUT2D eigenvalue weighted by molar-refractivity contribution is 7.90. The van der Waals surface area contributed by atoms with Crippen LogP contribution in [0.25, 0.3) is 10.9 Å². The number of fused-ring (bicyclic) bond motifs is 1. The maximum atomic E-state index is 13.2. The lowest BCUT2D eigenvalue weighted by Gasteiger charge is -2.34. The van der Waals surface area contributed by atoms with E-state index in [-0.39, 0.29) is 35.2 Å². The number of aryl methyl sites for hydroxylation is 1. The molecule has 12 nitrogen and oxygen atoms in total. The maximum Gasteiger partial charge on any atom is 0.348 e. The minimum Gasteiger partial charge on any atom is -0.459 e. The van der Waals surface area contributed by atoms with Crippen molar-refractivity contribution in [2.24, 2.45) is 0 Å². The number of sulfone groups is 1. The molecular formula is C24H29N5O7S. The number of carbonyl (C=O) groups is 2. The summed E-state index contributed by atoms with van der Waals surface area (Å²) in [7, 11) is -1.37. The van der Waals surface area contributed by atoms with Gasteiger partial charge in [-0.3, -0.25) is 9.59 Å². The van der Waals surface area contributed by atoms with E-state index in [1.165, 1.54) is 12.3 Å². The third kappa shape index (κ3) is 6.35. The summed E-state index contributed by atoms with van der Waals surface area (Å²) in [5.41, 5.74) is 0.418. The highest BCUT2D eigenvalue weighted by Crippen LogP contribution is 2.24. The lowest BCUT2D eigenvalue weighted by Crippen LogP contribution is -2.52. The summed E-state index contributed by atoms with van der Waals surface area (Å²) in [6.07, 6.45) is 2.47. The van der Waals surface area contributed by atoms with Crippen molar-refractivity contribution in [3.05, 3.63) is 52.3 Å². The fraction of sp³-hybridized carbons (Fsp3) is 0.417. The van der Waals surface area contributed by atoms with Crippen molar-refractivity contribution in [1.29, 1.82) is 0 Å². The number of aromatic nitrogens is 1. The Morgan fingerprint density at radius 2 is 1.89 bits per heavy atom. The molecule has 2 N–H and O–H groups in total. The summed E-state index contributed by atoms with van der Waals surface area (Å²) < 4.78 is 34.1. The van der Waals surface area contributed by atoms with Crippen LogP contribution in [0.1, 0.15) is 22.5 Å². The molecule has 0 bridgehead atoms. The topological polar surface area (TPSA) is 155 Å². The smallest absolute Gasteiger partial charge is 0.348 e. The molecule has 1 aromatic carbocycles. The van der Waals surface area contributed by atoms with Gasteiger partial charge in [-0.2, -0.15) is 4.98 Å². The van der Waals surface area contributed by atoms with Gasteiger partial charge in [0.05, 0.1) is 22.9 Å². The Balaban J connectivity index is 1.59. The fourth-order valence-corrected chi connectivity index (χ4v) is 4.76. The highest BCUT2D eigenvalue weighted by atomic mass is 32.2. The zero-order valence-corrected chi connectivity index (χ0v) is 21.6. The van der Waals surface area contributed by atoms with Gasteiger partial charge in [0, 0.05) is 38.1 Å². The lowest BCUT2D eigenvalue weighted by molar-refractivity contribution is -0.133. The minimum absolute atomic E-state index is 0.00971. The van der Waals surface area contributed by atoms with Crippen molar-refractivity contribution in [2.45, 2.75) is 19.4 Å². The molecule has 0 saturated carbocycles. The van der Waals surface area contributed by atoms with Gasteiger partial charge in [-0.25, -0.2) is 13.2 Å². The summed E-state index contributed by atoms with van der Waals surface area (Å²) in [6, 6.07) is 5.13. The average Bonchev–Trinajstić information content (AvgIpc) is 3.38. The quantitative estimate of drug-likeness (QED) is 0.435. The van der Waals surface area contributed by atoms with Crippen LogP contribution in [0.15, 0.2) is 44.2 Å². The Hall–Kier alpha value is -3.71. The number of carbonyl (C=O) groups excluding carboxylic acids is 2. The van der Waals surface area contributed by atoms with Gasteiger partial charge in [0.25, 0.3) is 11.9 Å². The van der Waals surface area contributed by atoms with Crippen LogP contribution < -0.4 is 16.3 Å². The van der Waals surface area contributed by atoms with Gasteiger partial charge < -0.3 is 29.3 Å². The Morgan fingerprint density at radius 3 is 2.54 bits per heavy atom. The van der Waals surface area contributed by atoms with Crippen LogP contribution in [-0.2, 0) is 14.6 Å². The fourth-order valence-electron chi connectivity index (χ4n) is 4.09. The second kappa shape index (κ2) is 10.7. The monoisotopic (exact) mass is 531 g/mol.